The van der Waals surface area contributed by atoms with E-state index in [1.54, 1.807) is 6.92 Å². The van der Waals surface area contributed by atoms with Gasteiger partial charge >= 0.3 is 11.7 Å². The minimum Gasteiger partial charge on any atom is -0.485 e. The molecule has 1 aliphatic heterocycles. The lowest BCUT2D eigenvalue weighted by atomic mass is 10.0. The quantitative estimate of drug-likeness (QED) is 0.143. The van der Waals surface area contributed by atoms with Crippen LogP contribution in [0.25, 0.3) is 16.8 Å². The Morgan fingerprint density at radius 1 is 1.11 bits per heavy atom. The molecule has 9 nitrogen and oxygen atoms in total. The van der Waals surface area contributed by atoms with Gasteiger partial charge in [0.15, 0.2) is 5.75 Å². The maximum atomic E-state index is 13.1. The van der Waals surface area contributed by atoms with Crippen LogP contribution >= 0.6 is 11.8 Å². The van der Waals surface area contributed by atoms with Gasteiger partial charge in [-0.2, -0.15) is 0 Å². The van der Waals surface area contributed by atoms with E-state index in [2.05, 4.69) is 0 Å². The number of carbonyl (C=O) groups is 3. The van der Waals surface area contributed by atoms with Gasteiger partial charge < -0.3 is 9.47 Å². The van der Waals surface area contributed by atoms with Crippen LogP contribution in [-0.4, -0.2) is 33.5 Å². The van der Waals surface area contributed by atoms with Crippen LogP contribution in [0.15, 0.2) is 59.5 Å². The Labute approximate surface area is 204 Å². The molecule has 0 aromatic heterocycles. The van der Waals surface area contributed by atoms with Gasteiger partial charge in [0, 0.05) is 6.92 Å². The lowest BCUT2D eigenvalue weighted by Gasteiger charge is -2.14. The van der Waals surface area contributed by atoms with E-state index in [0.29, 0.717) is 11.8 Å². The Morgan fingerprint density at radius 3 is 2.57 bits per heavy atom. The number of nitro groups is 1. The molecule has 0 unspecified atom stereocenters. The molecule has 4 rings (SSSR count). The van der Waals surface area contributed by atoms with Crippen molar-refractivity contribution in [2.45, 2.75) is 20.4 Å². The van der Waals surface area contributed by atoms with Crippen molar-refractivity contribution in [3.05, 3.63) is 80.7 Å². The van der Waals surface area contributed by atoms with Crippen molar-refractivity contribution in [1.29, 1.82) is 0 Å². The molecule has 0 atom stereocenters. The molecule has 1 saturated heterocycles. The number of fused-ring (bicyclic) bond motifs is 1. The third-order valence-electron chi connectivity index (χ3n) is 5.22. The number of nitro benzene ring substituents is 1. The zero-order valence-corrected chi connectivity index (χ0v) is 19.7. The highest BCUT2D eigenvalue weighted by molar-refractivity contribution is 8.18. The van der Waals surface area contributed by atoms with Crippen molar-refractivity contribution in [3.63, 3.8) is 0 Å². The van der Waals surface area contributed by atoms with Gasteiger partial charge in [-0.3, -0.25) is 29.4 Å². The van der Waals surface area contributed by atoms with Crippen molar-refractivity contribution in [3.8, 4) is 11.5 Å². The van der Waals surface area contributed by atoms with Crippen LogP contribution in [0.1, 0.15) is 25.0 Å². The predicted molar refractivity (Wildman–Crippen MR) is 131 cm³/mol. The van der Waals surface area contributed by atoms with Gasteiger partial charge in [0.25, 0.3) is 11.1 Å². The molecule has 0 aliphatic carbocycles. The minimum atomic E-state index is -0.676. The summed E-state index contributed by atoms with van der Waals surface area (Å²) in [7, 11) is 0. The fraction of sp³-hybridized carbons (Fsp3) is 0.160. The van der Waals surface area contributed by atoms with Crippen LogP contribution in [0.5, 0.6) is 11.5 Å². The van der Waals surface area contributed by atoms with Crippen LogP contribution in [0.4, 0.5) is 10.5 Å². The summed E-state index contributed by atoms with van der Waals surface area (Å²) >= 11 is 0.706. The second-order valence-electron chi connectivity index (χ2n) is 7.52. The van der Waals surface area contributed by atoms with E-state index < -0.39 is 27.7 Å². The highest BCUT2D eigenvalue weighted by atomic mass is 32.2. The molecule has 3 aromatic rings. The third-order valence-corrected chi connectivity index (χ3v) is 6.13. The highest BCUT2D eigenvalue weighted by Gasteiger charge is 2.36. The Morgan fingerprint density at radius 2 is 1.86 bits per heavy atom. The van der Waals surface area contributed by atoms with Gasteiger partial charge in [-0.1, -0.05) is 42.5 Å². The second kappa shape index (κ2) is 9.98. The summed E-state index contributed by atoms with van der Waals surface area (Å²) < 4.78 is 10.5. The highest BCUT2D eigenvalue weighted by Crippen LogP contribution is 2.43. The number of amides is 2. The van der Waals surface area contributed by atoms with Gasteiger partial charge in [0.2, 0.25) is 5.75 Å². The first kappa shape index (κ1) is 24.0. The van der Waals surface area contributed by atoms with Crippen LogP contribution in [0, 0.1) is 10.1 Å². The van der Waals surface area contributed by atoms with E-state index in [4.69, 9.17) is 9.47 Å². The van der Waals surface area contributed by atoms with E-state index in [9.17, 15) is 24.5 Å². The molecule has 2 amide bonds. The number of imide groups is 1. The molecule has 10 heteroatoms. The van der Waals surface area contributed by atoms with Gasteiger partial charge in [0.05, 0.1) is 28.5 Å². The minimum absolute atomic E-state index is 0.0426. The summed E-state index contributed by atoms with van der Waals surface area (Å²) in [5, 5.41) is 13.3. The van der Waals surface area contributed by atoms with Crippen LogP contribution in [0.2, 0.25) is 0 Å². The van der Waals surface area contributed by atoms with E-state index in [1.165, 1.54) is 25.1 Å². The van der Waals surface area contributed by atoms with E-state index in [-0.39, 0.29) is 35.1 Å². The number of carbonyl (C=O) groups excluding carboxylic acids is 3. The van der Waals surface area contributed by atoms with Crippen LogP contribution < -0.4 is 9.47 Å². The summed E-state index contributed by atoms with van der Waals surface area (Å²) in [6.45, 7) is 2.95. The first-order chi connectivity index (χ1) is 16.8. The molecular weight excluding hydrogens is 472 g/mol. The largest absolute Gasteiger partial charge is 0.485 e. The topological polar surface area (TPSA) is 116 Å². The second-order valence-corrected chi connectivity index (χ2v) is 8.51. The number of ether oxygens (including phenoxy) is 2. The van der Waals surface area contributed by atoms with Crippen LogP contribution in [-0.2, 0) is 16.1 Å². The summed E-state index contributed by atoms with van der Waals surface area (Å²) in [4.78, 5) is 49.6. The normalized spacial score (nSPS) is 14.6. The zero-order chi connectivity index (χ0) is 25.1. The van der Waals surface area contributed by atoms with Crippen molar-refractivity contribution in [2.24, 2.45) is 0 Å². The molecule has 0 saturated carbocycles. The van der Waals surface area contributed by atoms with Gasteiger partial charge in [0.1, 0.15) is 0 Å². The molecule has 0 spiro atoms. The molecule has 1 fully saturated rings. The molecule has 1 aliphatic rings. The Balaban J connectivity index is 1.70. The van der Waals surface area contributed by atoms with E-state index >= 15 is 0 Å². The third kappa shape index (κ3) is 4.87. The summed E-state index contributed by atoms with van der Waals surface area (Å²) in [5.74, 6) is -1.55. The number of rotatable bonds is 7. The smallest absolute Gasteiger partial charge is 0.322 e. The number of esters is 1. The molecule has 35 heavy (non-hydrogen) atoms. The molecule has 0 N–H and O–H groups in total. The van der Waals surface area contributed by atoms with E-state index in [0.717, 1.165) is 21.2 Å². The average Bonchev–Trinajstić information content (AvgIpc) is 3.08. The summed E-state index contributed by atoms with van der Waals surface area (Å²) in [6, 6.07) is 16.0. The molecule has 0 bridgehead atoms. The lowest BCUT2D eigenvalue weighted by molar-refractivity contribution is -0.386. The van der Waals surface area contributed by atoms with Crippen molar-refractivity contribution < 1.29 is 28.8 Å². The van der Waals surface area contributed by atoms with Crippen LogP contribution in [0.3, 0.4) is 0 Å². The van der Waals surface area contributed by atoms with Crippen molar-refractivity contribution >= 4 is 51.4 Å². The average molecular weight is 493 g/mol. The standard InChI is InChI=1S/C25H20N2O7S/c1-3-33-23-20(34-15(2)28)12-11-17(22(23)27(31)32)13-21-24(29)26(25(30)35-21)14-18-9-6-8-16-7-4-5-10-19(16)18/h4-13H,3,14H2,1-2H3/b21-13-. The number of thioether (sulfide) groups is 1. The monoisotopic (exact) mass is 492 g/mol. The summed E-state index contributed by atoms with van der Waals surface area (Å²) in [6.07, 6.45) is 1.28. The molecular formula is C25H20N2O7S. The summed E-state index contributed by atoms with van der Waals surface area (Å²) in [5.41, 5.74) is 0.387. The number of benzene rings is 3. The first-order valence-electron chi connectivity index (χ1n) is 10.6. The van der Waals surface area contributed by atoms with Crippen molar-refractivity contribution in [1.82, 2.24) is 4.90 Å². The fourth-order valence-corrected chi connectivity index (χ4v) is 4.60. The van der Waals surface area contributed by atoms with Gasteiger partial charge in [-0.15, -0.1) is 0 Å². The Hall–Kier alpha value is -4.18. The number of nitrogens with zero attached hydrogens (tertiary/aromatic N) is 2. The first-order valence-corrected chi connectivity index (χ1v) is 11.5. The predicted octanol–water partition coefficient (Wildman–Crippen LogP) is 5.31. The molecule has 0 radical (unpaired) electrons. The maximum Gasteiger partial charge on any atom is 0.322 e. The Bertz CT molecular complexity index is 1390. The molecule has 1 heterocycles. The lowest BCUT2D eigenvalue weighted by Crippen LogP contribution is -2.27. The SMILES string of the molecule is CCOc1c(OC(C)=O)ccc(/C=C2\SC(=O)N(Cc3cccc4ccccc34)C2=O)c1[N+](=O)[O-]. The van der Waals surface area contributed by atoms with Crippen molar-refractivity contribution in [2.75, 3.05) is 6.61 Å². The fourth-order valence-electron chi connectivity index (χ4n) is 3.77. The zero-order valence-electron chi connectivity index (χ0n) is 18.8. The van der Waals surface area contributed by atoms with Gasteiger partial charge in [-0.25, -0.2) is 0 Å². The Kier molecular flexibility index (Phi) is 6.83. The van der Waals surface area contributed by atoms with E-state index in [1.807, 2.05) is 42.5 Å². The number of hydrogen-bond acceptors (Lipinski definition) is 8. The maximum absolute atomic E-state index is 13.1. The molecule has 178 valence electrons. The van der Waals surface area contributed by atoms with Gasteiger partial charge in [-0.05, 0) is 53.2 Å². The number of hydrogen-bond donors (Lipinski definition) is 0. The molecule has 3 aromatic carbocycles.